The van der Waals surface area contributed by atoms with E-state index in [1.54, 1.807) is 12.3 Å². The van der Waals surface area contributed by atoms with Crippen molar-refractivity contribution in [2.45, 2.75) is 31.8 Å². The molecule has 5 rings (SSSR count). The summed E-state index contributed by atoms with van der Waals surface area (Å²) in [6.45, 7) is 3.08. The van der Waals surface area contributed by atoms with Gasteiger partial charge < -0.3 is 15.0 Å². The third-order valence-corrected chi connectivity index (χ3v) is 6.96. The summed E-state index contributed by atoms with van der Waals surface area (Å²) in [5.74, 6) is 1.61. The number of anilines is 1. The molecule has 0 aliphatic carbocycles. The first-order chi connectivity index (χ1) is 16.0. The van der Waals surface area contributed by atoms with Crippen LogP contribution in [0.4, 0.5) is 5.82 Å². The molecule has 3 heterocycles. The van der Waals surface area contributed by atoms with E-state index >= 15 is 0 Å². The van der Waals surface area contributed by atoms with Crippen molar-refractivity contribution >= 4 is 34.9 Å². The smallest absolute Gasteiger partial charge is 0.254 e. The molecular weight excluding hydrogens is 459 g/mol. The summed E-state index contributed by atoms with van der Waals surface area (Å²) in [5.41, 5.74) is 2.31. The molecule has 3 aromatic rings. The van der Waals surface area contributed by atoms with Gasteiger partial charge in [-0.25, -0.2) is 4.68 Å². The molecule has 2 aromatic carbocycles. The summed E-state index contributed by atoms with van der Waals surface area (Å²) in [6, 6.07) is 16.7. The van der Waals surface area contributed by atoms with Crippen LogP contribution in [0.15, 0.2) is 72.1 Å². The highest BCUT2D eigenvalue weighted by Gasteiger charge is 2.38. The fourth-order valence-electron chi connectivity index (χ4n) is 4.61. The Kier molecular flexibility index (Phi) is 6.04. The zero-order valence-corrected chi connectivity index (χ0v) is 19.7. The Hall–Kier alpha value is -2.96. The van der Waals surface area contributed by atoms with Gasteiger partial charge in [0.05, 0.1) is 27.9 Å². The van der Waals surface area contributed by atoms with Crippen LogP contribution in [0.5, 0.6) is 5.75 Å². The van der Waals surface area contributed by atoms with E-state index in [2.05, 4.69) is 10.4 Å². The molecule has 2 atom stereocenters. The first-order valence-electron chi connectivity index (χ1n) is 11.0. The molecule has 2 aliphatic heterocycles. The largest absolute Gasteiger partial charge is 0.491 e. The standard InChI is InChI=1S/C25H24Cl2N4O2/c1-16-23(25(32)30-13-5-6-18(30)15-33-19-7-3-2-4-8-19)24(31-22(29-16)11-12-28-31)17-9-10-20(26)21(27)14-17/h2-4,7-12,14,18,24,29H,5-6,13,15H2,1H3/t18-,24?/m0/s1. The minimum atomic E-state index is -0.408. The highest BCUT2D eigenvalue weighted by molar-refractivity contribution is 6.42. The van der Waals surface area contributed by atoms with Gasteiger partial charge >= 0.3 is 0 Å². The number of hydrogen-bond acceptors (Lipinski definition) is 4. The van der Waals surface area contributed by atoms with Crippen LogP contribution in [-0.4, -0.2) is 39.8 Å². The van der Waals surface area contributed by atoms with Crippen molar-refractivity contribution in [1.82, 2.24) is 14.7 Å². The van der Waals surface area contributed by atoms with E-state index in [9.17, 15) is 4.79 Å². The highest BCUT2D eigenvalue weighted by Crippen LogP contribution is 2.39. The van der Waals surface area contributed by atoms with E-state index in [1.807, 2.05) is 65.0 Å². The molecule has 1 saturated heterocycles. The number of carbonyl (C=O) groups excluding carboxylic acids is 1. The Balaban J connectivity index is 1.46. The number of allylic oxidation sites excluding steroid dienone is 1. The number of amides is 1. The van der Waals surface area contributed by atoms with E-state index in [1.165, 1.54) is 0 Å². The number of ether oxygens (including phenoxy) is 1. The lowest BCUT2D eigenvalue weighted by Gasteiger charge is -2.33. The summed E-state index contributed by atoms with van der Waals surface area (Å²) in [7, 11) is 0. The zero-order valence-electron chi connectivity index (χ0n) is 18.2. The lowest BCUT2D eigenvalue weighted by Crippen LogP contribution is -2.43. The SMILES string of the molecule is CC1=C(C(=O)N2CCC[C@H]2COc2ccccc2)C(c2ccc(Cl)c(Cl)c2)n2nccc2N1. The number of hydrogen-bond donors (Lipinski definition) is 1. The molecule has 1 amide bonds. The Morgan fingerprint density at radius 3 is 2.76 bits per heavy atom. The van der Waals surface area contributed by atoms with E-state index in [0.717, 1.165) is 35.7 Å². The predicted octanol–water partition coefficient (Wildman–Crippen LogP) is 5.55. The third kappa shape index (κ3) is 4.21. The predicted molar refractivity (Wildman–Crippen MR) is 130 cm³/mol. The molecule has 170 valence electrons. The first kappa shape index (κ1) is 21.9. The number of rotatable bonds is 5. The Morgan fingerprint density at radius 1 is 1.15 bits per heavy atom. The van der Waals surface area contributed by atoms with Crippen LogP contribution in [0.1, 0.15) is 31.4 Å². The fourth-order valence-corrected chi connectivity index (χ4v) is 4.92. The molecule has 8 heteroatoms. The number of carbonyl (C=O) groups is 1. The van der Waals surface area contributed by atoms with Crippen molar-refractivity contribution in [2.75, 3.05) is 18.5 Å². The van der Waals surface area contributed by atoms with Gasteiger partial charge in [-0.05, 0) is 49.6 Å². The average Bonchev–Trinajstić information content (AvgIpc) is 3.48. The summed E-state index contributed by atoms with van der Waals surface area (Å²) in [6.07, 6.45) is 3.57. The molecule has 0 saturated carbocycles. The number of fused-ring (bicyclic) bond motifs is 1. The van der Waals surface area contributed by atoms with Gasteiger partial charge in [0.15, 0.2) is 0 Å². The van der Waals surface area contributed by atoms with Gasteiger partial charge in [0, 0.05) is 18.3 Å². The summed E-state index contributed by atoms with van der Waals surface area (Å²) in [5, 5.41) is 8.76. The van der Waals surface area contributed by atoms with Crippen molar-refractivity contribution in [1.29, 1.82) is 0 Å². The van der Waals surface area contributed by atoms with Crippen molar-refractivity contribution in [2.24, 2.45) is 0 Å². The van der Waals surface area contributed by atoms with Gasteiger partial charge in [-0.1, -0.05) is 47.5 Å². The maximum atomic E-state index is 14.0. The third-order valence-electron chi connectivity index (χ3n) is 6.22. The second kappa shape index (κ2) is 9.12. The Bertz CT molecular complexity index is 1210. The number of nitrogens with zero attached hydrogens (tertiary/aromatic N) is 3. The van der Waals surface area contributed by atoms with Gasteiger partial charge in [0.1, 0.15) is 24.2 Å². The minimum Gasteiger partial charge on any atom is -0.491 e. The molecule has 2 aliphatic rings. The summed E-state index contributed by atoms with van der Waals surface area (Å²) >= 11 is 12.5. The Morgan fingerprint density at radius 2 is 1.97 bits per heavy atom. The molecule has 1 unspecified atom stereocenters. The molecule has 33 heavy (non-hydrogen) atoms. The molecule has 0 bridgehead atoms. The average molecular weight is 483 g/mol. The van der Waals surface area contributed by atoms with Gasteiger partial charge in [-0.2, -0.15) is 5.10 Å². The van der Waals surface area contributed by atoms with E-state index in [4.69, 9.17) is 27.9 Å². The normalized spacial score (nSPS) is 19.9. The van der Waals surface area contributed by atoms with Crippen LogP contribution in [0, 0.1) is 0 Å². The molecular formula is C25H24Cl2N4O2. The number of nitrogens with one attached hydrogen (secondary N) is 1. The number of likely N-dealkylation sites (tertiary alicyclic amines) is 1. The topological polar surface area (TPSA) is 59.4 Å². The lowest BCUT2D eigenvalue weighted by molar-refractivity contribution is -0.129. The summed E-state index contributed by atoms with van der Waals surface area (Å²) in [4.78, 5) is 15.9. The van der Waals surface area contributed by atoms with Gasteiger partial charge in [-0.15, -0.1) is 0 Å². The molecule has 0 spiro atoms. The van der Waals surface area contributed by atoms with Crippen molar-refractivity contribution < 1.29 is 9.53 Å². The zero-order chi connectivity index (χ0) is 22.9. The van der Waals surface area contributed by atoms with Crippen molar-refractivity contribution in [3.63, 3.8) is 0 Å². The fraction of sp³-hybridized carbons (Fsp3) is 0.280. The first-order valence-corrected chi connectivity index (χ1v) is 11.7. The van der Waals surface area contributed by atoms with Gasteiger partial charge in [-0.3, -0.25) is 4.79 Å². The van der Waals surface area contributed by atoms with Crippen molar-refractivity contribution in [3.8, 4) is 5.75 Å². The number of aromatic nitrogens is 2. The van der Waals surface area contributed by atoms with Crippen LogP contribution in [-0.2, 0) is 4.79 Å². The molecule has 1 N–H and O–H groups in total. The van der Waals surface area contributed by atoms with Crippen LogP contribution < -0.4 is 10.1 Å². The van der Waals surface area contributed by atoms with Gasteiger partial charge in [0.25, 0.3) is 5.91 Å². The van der Waals surface area contributed by atoms with E-state index in [-0.39, 0.29) is 11.9 Å². The van der Waals surface area contributed by atoms with E-state index in [0.29, 0.717) is 28.8 Å². The molecule has 6 nitrogen and oxygen atoms in total. The van der Waals surface area contributed by atoms with Crippen LogP contribution in [0.3, 0.4) is 0 Å². The van der Waals surface area contributed by atoms with Gasteiger partial charge in [0.2, 0.25) is 0 Å². The number of halogens is 2. The quantitative estimate of drug-likeness (QED) is 0.517. The molecule has 1 aromatic heterocycles. The van der Waals surface area contributed by atoms with Crippen molar-refractivity contribution in [3.05, 3.63) is 87.7 Å². The van der Waals surface area contributed by atoms with Crippen LogP contribution in [0.2, 0.25) is 10.0 Å². The van der Waals surface area contributed by atoms with Crippen LogP contribution in [0.25, 0.3) is 0 Å². The second-order valence-electron chi connectivity index (χ2n) is 8.32. The lowest BCUT2D eigenvalue weighted by atomic mass is 9.94. The van der Waals surface area contributed by atoms with Crippen LogP contribution >= 0.6 is 23.2 Å². The minimum absolute atomic E-state index is 0.00600. The number of para-hydroxylation sites is 1. The molecule has 1 fully saturated rings. The summed E-state index contributed by atoms with van der Waals surface area (Å²) < 4.78 is 7.82. The highest BCUT2D eigenvalue weighted by atomic mass is 35.5. The Labute approximate surface area is 202 Å². The monoisotopic (exact) mass is 482 g/mol. The number of benzene rings is 2. The maximum absolute atomic E-state index is 14.0. The maximum Gasteiger partial charge on any atom is 0.254 e. The van der Waals surface area contributed by atoms with E-state index < -0.39 is 6.04 Å². The molecule has 0 radical (unpaired) electrons. The second-order valence-corrected chi connectivity index (χ2v) is 9.13.